The molecule has 1 spiro atoms. The third-order valence-corrected chi connectivity index (χ3v) is 7.36. The standard InChI is InChI=1S/C20H22O4/c1-10-6-13(21)8-12-4-5-19-11(2)7-16(24-18(19)22)15-9-14(10)17(12)20(15,19)23-3/h6,8,11,15-16H,4-5,7,9H2,1-3H3/t11?,15-,16-,19+,20-/m1/s1. The van der Waals surface area contributed by atoms with Crippen LogP contribution in [-0.2, 0) is 32.7 Å². The summed E-state index contributed by atoms with van der Waals surface area (Å²) in [6.07, 6.45) is 3.13. The summed E-state index contributed by atoms with van der Waals surface area (Å²) in [7, 11) is 1.74. The Morgan fingerprint density at radius 2 is 2.08 bits per heavy atom. The van der Waals surface area contributed by atoms with E-state index in [4.69, 9.17) is 9.47 Å². The van der Waals surface area contributed by atoms with E-state index in [1.54, 1.807) is 19.2 Å². The summed E-state index contributed by atoms with van der Waals surface area (Å²) >= 11 is 0. The van der Waals surface area contributed by atoms with Crippen LogP contribution in [0, 0.1) is 24.2 Å². The quantitative estimate of drug-likeness (QED) is 0.743. The molecule has 2 aliphatic heterocycles. The van der Waals surface area contributed by atoms with E-state index in [0.29, 0.717) is 6.42 Å². The van der Waals surface area contributed by atoms with Crippen LogP contribution in [0.15, 0.2) is 16.9 Å². The molecule has 2 heterocycles. The van der Waals surface area contributed by atoms with Gasteiger partial charge in [0.1, 0.15) is 17.1 Å². The molecule has 3 fully saturated rings. The lowest BCUT2D eigenvalue weighted by atomic mass is 9.47. The number of aryl methyl sites for hydroxylation is 2. The summed E-state index contributed by atoms with van der Waals surface area (Å²) in [5.41, 5.74) is 3.25. The van der Waals surface area contributed by atoms with Crippen molar-refractivity contribution in [1.82, 2.24) is 0 Å². The average molecular weight is 326 g/mol. The molecular formula is C20H22O4. The van der Waals surface area contributed by atoms with Gasteiger partial charge in [-0.1, -0.05) is 6.92 Å². The van der Waals surface area contributed by atoms with Crippen LogP contribution < -0.4 is 5.43 Å². The van der Waals surface area contributed by atoms with Gasteiger partial charge in [0.2, 0.25) is 0 Å². The molecule has 0 radical (unpaired) electrons. The molecule has 24 heavy (non-hydrogen) atoms. The molecule has 6 rings (SSSR count). The summed E-state index contributed by atoms with van der Waals surface area (Å²) in [5, 5.41) is 0. The molecule has 5 aliphatic rings. The maximum absolute atomic E-state index is 13.0. The monoisotopic (exact) mass is 326 g/mol. The van der Waals surface area contributed by atoms with Crippen LogP contribution in [0.25, 0.3) is 0 Å². The first kappa shape index (κ1) is 14.6. The fourth-order valence-corrected chi connectivity index (χ4v) is 6.50. The van der Waals surface area contributed by atoms with Crippen molar-refractivity contribution in [3.8, 4) is 0 Å². The lowest BCUT2D eigenvalue weighted by molar-refractivity contribution is -0.282. The zero-order valence-corrected chi connectivity index (χ0v) is 14.3. The molecule has 1 aromatic rings. The smallest absolute Gasteiger partial charge is 0.315 e. The van der Waals surface area contributed by atoms with Crippen molar-refractivity contribution < 1.29 is 14.3 Å². The summed E-state index contributed by atoms with van der Waals surface area (Å²) in [4.78, 5) is 25.3. The molecule has 1 aromatic carbocycles. The van der Waals surface area contributed by atoms with Crippen molar-refractivity contribution in [1.29, 1.82) is 0 Å². The third kappa shape index (κ3) is 1.30. The maximum atomic E-state index is 13.0. The molecule has 1 unspecified atom stereocenters. The van der Waals surface area contributed by atoms with Crippen LogP contribution in [0.3, 0.4) is 0 Å². The molecule has 4 nitrogen and oxygen atoms in total. The Bertz CT molecular complexity index is 844. The summed E-state index contributed by atoms with van der Waals surface area (Å²) in [5.74, 6) is 0.313. The van der Waals surface area contributed by atoms with E-state index in [0.717, 1.165) is 36.0 Å². The van der Waals surface area contributed by atoms with Gasteiger partial charge in [0.15, 0.2) is 5.43 Å². The van der Waals surface area contributed by atoms with Gasteiger partial charge in [-0.2, -0.15) is 0 Å². The fourth-order valence-electron chi connectivity index (χ4n) is 6.50. The number of esters is 1. The molecule has 4 heteroatoms. The normalized spacial score (nSPS) is 41.1. The fraction of sp³-hybridized carbons (Fsp3) is 0.600. The first-order valence-corrected chi connectivity index (χ1v) is 8.89. The number of rotatable bonds is 1. The van der Waals surface area contributed by atoms with E-state index in [2.05, 4.69) is 6.92 Å². The van der Waals surface area contributed by atoms with Gasteiger partial charge in [-0.05, 0) is 72.9 Å². The van der Waals surface area contributed by atoms with Crippen LogP contribution in [0.2, 0.25) is 0 Å². The Kier molecular flexibility index (Phi) is 2.62. The Labute approximate surface area is 141 Å². The lowest BCUT2D eigenvalue weighted by Crippen LogP contribution is -2.71. The molecule has 2 saturated heterocycles. The number of ether oxygens (including phenoxy) is 2. The number of fused-ring (bicyclic) bond motifs is 2. The molecule has 5 atom stereocenters. The van der Waals surface area contributed by atoms with Gasteiger partial charge in [-0.25, -0.2) is 0 Å². The van der Waals surface area contributed by atoms with Crippen molar-refractivity contribution in [2.75, 3.05) is 7.11 Å². The second-order valence-electron chi connectivity index (χ2n) is 8.06. The highest BCUT2D eigenvalue weighted by Crippen LogP contribution is 2.70. The molecule has 1 saturated carbocycles. The van der Waals surface area contributed by atoms with E-state index in [1.807, 2.05) is 6.92 Å². The number of carbonyl (C=O) groups excluding carboxylic acids is 1. The number of methoxy groups -OCH3 is 1. The largest absolute Gasteiger partial charge is 0.461 e. The highest BCUT2D eigenvalue weighted by molar-refractivity contribution is 5.83. The molecule has 3 aliphatic carbocycles. The predicted molar refractivity (Wildman–Crippen MR) is 87.7 cm³/mol. The molecule has 126 valence electrons. The van der Waals surface area contributed by atoms with Gasteiger partial charge in [0.25, 0.3) is 0 Å². The predicted octanol–water partition coefficient (Wildman–Crippen LogP) is 2.27. The lowest BCUT2D eigenvalue weighted by Gasteiger charge is -2.63. The van der Waals surface area contributed by atoms with Crippen molar-refractivity contribution in [2.24, 2.45) is 17.3 Å². The van der Waals surface area contributed by atoms with Crippen molar-refractivity contribution in [3.05, 3.63) is 44.6 Å². The summed E-state index contributed by atoms with van der Waals surface area (Å²) in [6, 6.07) is 3.50. The van der Waals surface area contributed by atoms with Crippen molar-refractivity contribution in [2.45, 2.75) is 51.2 Å². The van der Waals surface area contributed by atoms with E-state index in [1.165, 1.54) is 5.56 Å². The second kappa shape index (κ2) is 4.29. The van der Waals surface area contributed by atoms with Gasteiger partial charge < -0.3 is 9.47 Å². The van der Waals surface area contributed by atoms with Crippen LogP contribution in [0.5, 0.6) is 0 Å². The SMILES string of the molecule is CO[C@@]12c3c4cc(=O)cc(C)c3C[C@@H]1[C@H]1CC(C)[C@@]2(CC4)C(=O)O1. The van der Waals surface area contributed by atoms with E-state index in [9.17, 15) is 9.59 Å². The van der Waals surface area contributed by atoms with Gasteiger partial charge in [-0.15, -0.1) is 0 Å². The van der Waals surface area contributed by atoms with Crippen LogP contribution >= 0.6 is 0 Å². The Morgan fingerprint density at radius 3 is 2.79 bits per heavy atom. The van der Waals surface area contributed by atoms with E-state index in [-0.39, 0.29) is 29.3 Å². The topological polar surface area (TPSA) is 52.6 Å². The van der Waals surface area contributed by atoms with E-state index >= 15 is 0 Å². The molecular weight excluding hydrogens is 304 g/mol. The van der Waals surface area contributed by atoms with Crippen LogP contribution in [0.1, 0.15) is 42.0 Å². The Morgan fingerprint density at radius 1 is 1.29 bits per heavy atom. The highest BCUT2D eigenvalue weighted by Gasteiger charge is 2.76. The average Bonchev–Trinajstić information content (AvgIpc) is 2.84. The summed E-state index contributed by atoms with van der Waals surface area (Å²) in [6.45, 7) is 4.18. The van der Waals surface area contributed by atoms with Gasteiger partial charge >= 0.3 is 5.97 Å². The molecule has 0 N–H and O–H groups in total. The molecule has 0 amide bonds. The maximum Gasteiger partial charge on any atom is 0.315 e. The van der Waals surface area contributed by atoms with Crippen molar-refractivity contribution in [3.63, 3.8) is 0 Å². The number of hydrogen-bond acceptors (Lipinski definition) is 4. The first-order chi connectivity index (χ1) is 11.5. The van der Waals surface area contributed by atoms with Gasteiger partial charge in [0, 0.05) is 13.0 Å². The van der Waals surface area contributed by atoms with Gasteiger partial charge in [-0.3, -0.25) is 9.59 Å². The van der Waals surface area contributed by atoms with Crippen molar-refractivity contribution >= 4 is 5.97 Å². The molecule has 2 bridgehead atoms. The zero-order valence-electron chi connectivity index (χ0n) is 14.3. The minimum atomic E-state index is -0.621. The minimum absolute atomic E-state index is 0.0484. The van der Waals surface area contributed by atoms with Gasteiger partial charge in [0.05, 0.1) is 0 Å². The minimum Gasteiger partial charge on any atom is -0.461 e. The number of carbonyl (C=O) groups is 1. The highest BCUT2D eigenvalue weighted by atomic mass is 16.6. The first-order valence-electron chi connectivity index (χ1n) is 8.89. The Balaban J connectivity index is 1.94. The van der Waals surface area contributed by atoms with Crippen LogP contribution in [-0.4, -0.2) is 19.2 Å². The van der Waals surface area contributed by atoms with E-state index < -0.39 is 11.0 Å². The molecule has 0 aromatic heterocycles. The Hall–Kier alpha value is -1.68. The second-order valence-corrected chi connectivity index (χ2v) is 8.06. The summed E-state index contributed by atoms with van der Waals surface area (Å²) < 4.78 is 12.1. The third-order valence-electron chi connectivity index (χ3n) is 7.36. The van der Waals surface area contributed by atoms with Crippen LogP contribution in [0.4, 0.5) is 0 Å². The zero-order chi connectivity index (χ0) is 16.9. The number of hydrogen-bond donors (Lipinski definition) is 0.